The first-order valence-electron chi connectivity index (χ1n) is 6.33. The number of carbonyl (C=O) groups excluding carboxylic acids is 1. The van der Waals surface area contributed by atoms with Crippen LogP contribution in [-0.2, 0) is 9.53 Å². The molecule has 0 aromatic heterocycles. The van der Waals surface area contributed by atoms with Crippen LogP contribution in [0.1, 0.15) is 35.4 Å². The minimum absolute atomic E-state index is 0.123. The number of aliphatic carboxylic acids is 1. The smallest absolute Gasteiger partial charge is 0.341 e. The van der Waals surface area contributed by atoms with Gasteiger partial charge in [-0.25, -0.2) is 9.59 Å². The topological polar surface area (TPSA) is 93.1 Å². The van der Waals surface area contributed by atoms with Gasteiger partial charge in [0.2, 0.25) is 0 Å². The molecule has 0 radical (unpaired) electrons. The van der Waals surface area contributed by atoms with Gasteiger partial charge >= 0.3 is 11.9 Å². The summed E-state index contributed by atoms with van der Waals surface area (Å²) in [6.07, 6.45) is 0.560. The summed E-state index contributed by atoms with van der Waals surface area (Å²) in [5, 5.41) is 19.3. The molecule has 0 bridgehead atoms. The van der Waals surface area contributed by atoms with Crippen molar-refractivity contribution in [2.45, 2.75) is 19.4 Å². The van der Waals surface area contributed by atoms with Gasteiger partial charge in [-0.2, -0.15) is 0 Å². The summed E-state index contributed by atoms with van der Waals surface area (Å²) in [5.41, 5.74) is 0.259. The number of aliphatic hydroxyl groups is 1. The Labute approximate surface area is 122 Å². The van der Waals surface area contributed by atoms with E-state index >= 15 is 0 Å². The van der Waals surface area contributed by atoms with E-state index in [0.29, 0.717) is 6.42 Å². The highest BCUT2D eigenvalue weighted by molar-refractivity contribution is 5.93. The molecule has 6 nitrogen and oxygen atoms in total. The van der Waals surface area contributed by atoms with E-state index in [1.165, 1.54) is 38.5 Å². The van der Waals surface area contributed by atoms with Crippen LogP contribution < -0.4 is 4.74 Å². The van der Waals surface area contributed by atoms with Crippen LogP contribution in [0.4, 0.5) is 0 Å². The van der Waals surface area contributed by atoms with Gasteiger partial charge in [0.15, 0.2) is 0 Å². The molecule has 1 unspecified atom stereocenters. The maximum Gasteiger partial charge on any atom is 0.341 e. The summed E-state index contributed by atoms with van der Waals surface area (Å²) in [7, 11) is 2.63. The van der Waals surface area contributed by atoms with E-state index in [9.17, 15) is 14.7 Å². The zero-order chi connectivity index (χ0) is 16.0. The minimum Gasteiger partial charge on any atom is -0.496 e. The van der Waals surface area contributed by atoms with E-state index in [4.69, 9.17) is 9.84 Å². The molecule has 0 heterocycles. The molecule has 6 heteroatoms. The number of carboxylic acid groups (broad SMARTS) is 1. The van der Waals surface area contributed by atoms with Crippen LogP contribution in [0.5, 0.6) is 5.75 Å². The van der Waals surface area contributed by atoms with Gasteiger partial charge in [-0.15, -0.1) is 0 Å². The molecule has 0 spiro atoms. The van der Waals surface area contributed by atoms with Gasteiger partial charge < -0.3 is 19.7 Å². The number of allylic oxidation sites excluding steroid dienone is 1. The number of rotatable bonds is 6. The van der Waals surface area contributed by atoms with Gasteiger partial charge in [0, 0.05) is 0 Å². The Morgan fingerprint density at radius 1 is 1.33 bits per heavy atom. The first-order valence-corrected chi connectivity index (χ1v) is 6.33. The van der Waals surface area contributed by atoms with Gasteiger partial charge in [0.1, 0.15) is 17.4 Å². The predicted octanol–water partition coefficient (Wildman–Crippen LogP) is 1.94. The molecule has 1 aromatic carbocycles. The average molecular weight is 294 g/mol. The number of methoxy groups -OCH3 is 2. The number of carbonyl (C=O) groups is 2. The molecule has 0 saturated carbocycles. The fraction of sp³-hybridized carbons (Fsp3) is 0.333. The molecule has 1 atom stereocenters. The van der Waals surface area contributed by atoms with Crippen molar-refractivity contribution in [2.24, 2.45) is 0 Å². The van der Waals surface area contributed by atoms with Gasteiger partial charge in [-0.1, -0.05) is 19.1 Å². The standard InChI is InChI=1S/C15H18O6/c1-4-5-10(14(17)18)13(16)9-6-7-12(20-2)11(8-9)15(19)21-3/h5-8,13,16H,4H2,1-3H3,(H,17,18). The molecule has 1 rings (SSSR count). The highest BCUT2D eigenvalue weighted by Crippen LogP contribution is 2.28. The number of aliphatic hydroxyl groups excluding tert-OH is 1. The highest BCUT2D eigenvalue weighted by Gasteiger charge is 2.22. The van der Waals surface area contributed by atoms with Gasteiger partial charge in [-0.3, -0.25) is 0 Å². The molecule has 114 valence electrons. The Morgan fingerprint density at radius 3 is 2.48 bits per heavy atom. The quantitative estimate of drug-likeness (QED) is 0.615. The van der Waals surface area contributed by atoms with E-state index < -0.39 is 18.0 Å². The van der Waals surface area contributed by atoms with E-state index in [2.05, 4.69) is 4.74 Å². The lowest BCUT2D eigenvalue weighted by Gasteiger charge is -2.14. The van der Waals surface area contributed by atoms with Crippen molar-refractivity contribution < 1.29 is 29.3 Å². The van der Waals surface area contributed by atoms with Crippen LogP contribution in [0.25, 0.3) is 0 Å². The third-order valence-corrected chi connectivity index (χ3v) is 2.91. The second-order valence-corrected chi connectivity index (χ2v) is 4.23. The van der Waals surface area contributed by atoms with Gasteiger partial charge in [0.05, 0.1) is 19.8 Å². The molecule has 0 fully saturated rings. The van der Waals surface area contributed by atoms with Crippen molar-refractivity contribution in [1.82, 2.24) is 0 Å². The molecular weight excluding hydrogens is 276 g/mol. The zero-order valence-electron chi connectivity index (χ0n) is 12.1. The van der Waals surface area contributed by atoms with Crippen LogP contribution in [0.2, 0.25) is 0 Å². The molecule has 1 aromatic rings. The molecule has 2 N–H and O–H groups in total. The van der Waals surface area contributed by atoms with Crippen molar-refractivity contribution in [1.29, 1.82) is 0 Å². The first-order chi connectivity index (χ1) is 9.96. The number of carboxylic acids is 1. The lowest BCUT2D eigenvalue weighted by atomic mass is 9.98. The maximum absolute atomic E-state index is 11.7. The van der Waals surface area contributed by atoms with E-state index in [1.807, 2.05) is 0 Å². The molecule has 21 heavy (non-hydrogen) atoms. The number of benzene rings is 1. The molecule has 0 aliphatic carbocycles. The summed E-state index contributed by atoms with van der Waals surface area (Å²) < 4.78 is 9.68. The van der Waals surface area contributed by atoms with Crippen molar-refractivity contribution >= 4 is 11.9 Å². The van der Waals surface area contributed by atoms with E-state index in [1.54, 1.807) is 6.92 Å². The number of esters is 1. The third-order valence-electron chi connectivity index (χ3n) is 2.91. The van der Waals surface area contributed by atoms with Crippen LogP contribution in [0.3, 0.4) is 0 Å². The second kappa shape index (κ2) is 7.44. The first kappa shape index (κ1) is 16.7. The fourth-order valence-corrected chi connectivity index (χ4v) is 1.88. The second-order valence-electron chi connectivity index (χ2n) is 4.23. The zero-order valence-corrected chi connectivity index (χ0v) is 12.1. The predicted molar refractivity (Wildman–Crippen MR) is 75.3 cm³/mol. The SMILES string of the molecule is CCC=C(C(=O)O)C(O)c1ccc(OC)c(C(=O)OC)c1. The lowest BCUT2D eigenvalue weighted by Crippen LogP contribution is -2.12. The normalized spacial score (nSPS) is 12.7. The Hall–Kier alpha value is -2.34. The van der Waals surface area contributed by atoms with Gasteiger partial charge in [0.25, 0.3) is 0 Å². The highest BCUT2D eigenvalue weighted by atomic mass is 16.5. The van der Waals surface area contributed by atoms with Crippen molar-refractivity contribution in [2.75, 3.05) is 14.2 Å². The summed E-state index contributed by atoms with van der Waals surface area (Å²) in [6, 6.07) is 4.35. The lowest BCUT2D eigenvalue weighted by molar-refractivity contribution is -0.133. The monoisotopic (exact) mass is 294 g/mol. The number of hydrogen-bond acceptors (Lipinski definition) is 5. The van der Waals surface area contributed by atoms with Crippen molar-refractivity contribution in [3.63, 3.8) is 0 Å². The number of ether oxygens (including phenoxy) is 2. The molecule has 0 amide bonds. The molecule has 0 aliphatic rings. The Bertz CT molecular complexity index is 561. The Morgan fingerprint density at radius 2 is 2.00 bits per heavy atom. The summed E-state index contributed by atoms with van der Waals surface area (Å²) in [6.45, 7) is 1.77. The largest absolute Gasteiger partial charge is 0.496 e. The third kappa shape index (κ3) is 3.82. The number of hydrogen-bond donors (Lipinski definition) is 2. The summed E-state index contributed by atoms with van der Waals surface area (Å²) >= 11 is 0. The average Bonchev–Trinajstić information content (AvgIpc) is 2.50. The Kier molecular flexibility index (Phi) is 5.92. The fourth-order valence-electron chi connectivity index (χ4n) is 1.88. The summed E-state index contributed by atoms with van der Waals surface area (Å²) in [5.74, 6) is -1.55. The molecule has 0 saturated heterocycles. The molecule has 0 aliphatic heterocycles. The Balaban J connectivity index is 3.28. The van der Waals surface area contributed by atoms with Crippen molar-refractivity contribution in [3.8, 4) is 5.75 Å². The van der Waals surface area contributed by atoms with E-state index in [-0.39, 0.29) is 22.4 Å². The molecular formula is C15H18O6. The van der Waals surface area contributed by atoms with Crippen LogP contribution in [0, 0.1) is 0 Å². The van der Waals surface area contributed by atoms with Crippen LogP contribution in [0.15, 0.2) is 29.8 Å². The van der Waals surface area contributed by atoms with E-state index in [0.717, 1.165) is 0 Å². The summed E-state index contributed by atoms with van der Waals surface area (Å²) in [4.78, 5) is 22.8. The van der Waals surface area contributed by atoms with Crippen molar-refractivity contribution in [3.05, 3.63) is 41.0 Å². The minimum atomic E-state index is -1.34. The maximum atomic E-state index is 11.7. The van der Waals surface area contributed by atoms with Gasteiger partial charge in [-0.05, 0) is 24.1 Å². The van der Waals surface area contributed by atoms with Crippen LogP contribution >= 0.6 is 0 Å². The van der Waals surface area contributed by atoms with Crippen LogP contribution in [-0.4, -0.2) is 36.4 Å².